The molecule has 0 amide bonds. The number of phenols is 1. The van der Waals surface area contributed by atoms with Crippen molar-refractivity contribution in [1.82, 2.24) is 0 Å². The van der Waals surface area contributed by atoms with Gasteiger partial charge in [-0.05, 0) is 24.3 Å². The predicted octanol–water partition coefficient (Wildman–Crippen LogP) is -5.08. The van der Waals surface area contributed by atoms with Gasteiger partial charge in [-0.1, -0.05) is 0 Å². The number of phenolic OH excluding ortho intramolecular Hbond substituents is 1. The van der Waals surface area contributed by atoms with Crippen molar-refractivity contribution in [2.45, 2.75) is 91.4 Å². The summed E-state index contributed by atoms with van der Waals surface area (Å²) in [5.74, 6) is -8.68. The Morgan fingerprint density at radius 2 is 1.33 bits per heavy atom. The van der Waals surface area contributed by atoms with Crippen molar-refractivity contribution in [1.29, 1.82) is 0 Å². The minimum Gasteiger partial charge on any atom is -0.507 e. The highest BCUT2D eigenvalue weighted by Gasteiger charge is 2.67. The van der Waals surface area contributed by atoms with E-state index in [1.807, 2.05) is 0 Å². The van der Waals surface area contributed by atoms with Crippen LogP contribution in [0.2, 0.25) is 0 Å². The SMILES string of the molecule is O=C(O)C1OC(C2(Oc3cc(O)c4c(=O)cc(-c5ccc(OC6OC(CO)C(O)C(O)C6O)cc5)oc4c3)OC(C(=O)O)C(O)C(O)C2O)C(O)C(O)C1O. The van der Waals surface area contributed by atoms with Gasteiger partial charge in [-0.3, -0.25) is 4.79 Å². The number of ether oxygens (including phenoxy) is 5. The molecule has 0 saturated carbocycles. The molecule has 6 rings (SSSR count). The predicted molar refractivity (Wildman–Crippen MR) is 172 cm³/mol. The van der Waals surface area contributed by atoms with E-state index in [4.69, 9.17) is 28.1 Å². The first-order chi connectivity index (χ1) is 25.9. The maximum absolute atomic E-state index is 13.2. The molecule has 13 N–H and O–H groups in total. The summed E-state index contributed by atoms with van der Waals surface area (Å²) < 4.78 is 33.2. The summed E-state index contributed by atoms with van der Waals surface area (Å²) in [6.07, 6.45) is -29.5. The van der Waals surface area contributed by atoms with E-state index in [1.165, 1.54) is 24.3 Å². The number of aromatic hydroxyl groups is 1. The van der Waals surface area contributed by atoms with E-state index in [0.717, 1.165) is 18.2 Å². The summed E-state index contributed by atoms with van der Waals surface area (Å²) in [5.41, 5.74) is -1.04. The number of aliphatic carboxylic acids is 2. The van der Waals surface area contributed by atoms with Gasteiger partial charge in [-0.2, -0.15) is 0 Å². The number of aliphatic hydroxyl groups is 10. The molecule has 1 aromatic heterocycles. The summed E-state index contributed by atoms with van der Waals surface area (Å²) in [5, 5.41) is 134. The Morgan fingerprint density at radius 3 is 1.95 bits per heavy atom. The first-order valence-corrected chi connectivity index (χ1v) is 16.3. The van der Waals surface area contributed by atoms with Crippen LogP contribution < -0.4 is 14.9 Å². The van der Waals surface area contributed by atoms with Crippen LogP contribution in [0.3, 0.4) is 0 Å². The van der Waals surface area contributed by atoms with Gasteiger partial charge in [0.25, 0.3) is 5.79 Å². The van der Waals surface area contributed by atoms with Crippen LogP contribution in [0.25, 0.3) is 22.3 Å². The van der Waals surface area contributed by atoms with E-state index in [-0.39, 0.29) is 17.1 Å². The van der Waals surface area contributed by atoms with E-state index < -0.39 is 138 Å². The van der Waals surface area contributed by atoms with Gasteiger partial charge in [0.15, 0.2) is 29.8 Å². The zero-order valence-corrected chi connectivity index (χ0v) is 27.8. The van der Waals surface area contributed by atoms with Gasteiger partial charge in [0, 0.05) is 23.8 Å². The molecule has 0 aliphatic carbocycles. The standard InChI is InChI=1S/C33H36O22/c34-8-16-18(37)19(38)25(44)32(52-16)50-10-3-1-9(2-4-10)14-7-13(36)17-12(35)5-11(6-15(17)51-14)54-33(28(45)23(42)22(41)27(55-33)31(48)49)29-24(43)20(39)21(40)26(53-29)30(46)47/h1-7,16,18-29,32,34-35,37-45H,8H2,(H,46,47)(H,48,49). The molecule has 15 atom stereocenters. The maximum Gasteiger partial charge on any atom is 0.335 e. The molecule has 300 valence electrons. The van der Waals surface area contributed by atoms with Crippen molar-refractivity contribution in [3.05, 3.63) is 52.7 Å². The Morgan fingerprint density at radius 1 is 0.709 bits per heavy atom. The van der Waals surface area contributed by atoms with Gasteiger partial charge in [0.1, 0.15) is 88.9 Å². The average Bonchev–Trinajstić information content (AvgIpc) is 3.14. The molecular formula is C33H36O22. The zero-order valence-electron chi connectivity index (χ0n) is 27.8. The Hall–Kier alpha value is -4.53. The second-order valence-corrected chi connectivity index (χ2v) is 13.0. The second kappa shape index (κ2) is 15.2. The Labute approximate surface area is 306 Å². The molecule has 3 aliphatic rings. The van der Waals surface area contributed by atoms with Crippen molar-refractivity contribution in [2.75, 3.05) is 6.61 Å². The third-order valence-electron chi connectivity index (χ3n) is 9.50. The lowest BCUT2D eigenvalue weighted by Crippen LogP contribution is -2.77. The summed E-state index contributed by atoms with van der Waals surface area (Å²) >= 11 is 0. The number of carboxylic acids is 2. The topological polar surface area (TPSA) is 373 Å². The van der Waals surface area contributed by atoms with Gasteiger partial charge in [0.05, 0.1) is 6.61 Å². The quantitative estimate of drug-likeness (QED) is 0.0965. The van der Waals surface area contributed by atoms with Crippen molar-refractivity contribution >= 4 is 22.9 Å². The third kappa shape index (κ3) is 7.08. The van der Waals surface area contributed by atoms with Crippen molar-refractivity contribution in [3.8, 4) is 28.6 Å². The second-order valence-electron chi connectivity index (χ2n) is 13.0. The van der Waals surface area contributed by atoms with Gasteiger partial charge in [0.2, 0.25) is 6.29 Å². The van der Waals surface area contributed by atoms with E-state index in [1.54, 1.807) is 0 Å². The molecule has 0 bridgehead atoms. The van der Waals surface area contributed by atoms with Gasteiger partial charge in [-0.15, -0.1) is 0 Å². The highest BCUT2D eigenvalue weighted by molar-refractivity contribution is 5.86. The number of rotatable bonds is 9. The van der Waals surface area contributed by atoms with Crippen LogP contribution in [0, 0.1) is 0 Å². The van der Waals surface area contributed by atoms with E-state index in [9.17, 15) is 80.8 Å². The lowest BCUT2D eigenvalue weighted by molar-refractivity contribution is -0.387. The van der Waals surface area contributed by atoms with Gasteiger partial charge < -0.3 is 94.5 Å². The minimum atomic E-state index is -3.25. The molecule has 0 radical (unpaired) electrons. The maximum atomic E-state index is 13.2. The third-order valence-corrected chi connectivity index (χ3v) is 9.50. The lowest BCUT2D eigenvalue weighted by atomic mass is 9.82. The molecule has 3 aliphatic heterocycles. The highest BCUT2D eigenvalue weighted by atomic mass is 16.8. The van der Waals surface area contributed by atoms with Crippen LogP contribution in [-0.2, 0) is 23.8 Å². The average molecular weight is 785 g/mol. The van der Waals surface area contributed by atoms with Crippen LogP contribution in [0.5, 0.6) is 17.2 Å². The summed E-state index contributed by atoms with van der Waals surface area (Å²) in [6, 6.07) is 8.08. The summed E-state index contributed by atoms with van der Waals surface area (Å²) in [7, 11) is 0. The largest absolute Gasteiger partial charge is 0.507 e. The van der Waals surface area contributed by atoms with E-state index >= 15 is 0 Å². The molecule has 3 aromatic rings. The van der Waals surface area contributed by atoms with Crippen LogP contribution in [0.1, 0.15) is 0 Å². The molecule has 0 spiro atoms. The zero-order chi connectivity index (χ0) is 40.3. The number of hydrogen-bond donors (Lipinski definition) is 13. The van der Waals surface area contributed by atoms with Crippen LogP contribution in [0.15, 0.2) is 51.7 Å². The van der Waals surface area contributed by atoms with E-state index in [2.05, 4.69) is 0 Å². The first-order valence-electron chi connectivity index (χ1n) is 16.3. The van der Waals surface area contributed by atoms with E-state index in [0.29, 0.717) is 0 Å². The number of carbonyl (C=O) groups is 2. The Bertz CT molecular complexity index is 1950. The van der Waals surface area contributed by atoms with Crippen LogP contribution in [0.4, 0.5) is 0 Å². The molecule has 22 nitrogen and oxygen atoms in total. The molecule has 55 heavy (non-hydrogen) atoms. The number of fused-ring (bicyclic) bond motifs is 1. The molecule has 4 heterocycles. The van der Waals surface area contributed by atoms with Crippen molar-refractivity contribution in [2.24, 2.45) is 0 Å². The van der Waals surface area contributed by atoms with Gasteiger partial charge >= 0.3 is 11.9 Å². The fourth-order valence-electron chi connectivity index (χ4n) is 6.56. The Balaban J connectivity index is 1.37. The number of aliphatic hydroxyl groups excluding tert-OH is 10. The number of hydrogen-bond acceptors (Lipinski definition) is 20. The minimum absolute atomic E-state index is 0.0581. The van der Waals surface area contributed by atoms with Crippen molar-refractivity contribution < 1.29 is 104 Å². The number of carboxylic acid groups (broad SMARTS) is 2. The molecular weight excluding hydrogens is 748 g/mol. The fraction of sp³-hybridized carbons (Fsp3) is 0.485. The molecule has 15 unspecified atom stereocenters. The normalized spacial score (nSPS) is 38.0. The Kier molecular flexibility index (Phi) is 11.1. The lowest BCUT2D eigenvalue weighted by Gasteiger charge is -2.53. The first kappa shape index (κ1) is 40.1. The number of benzene rings is 2. The molecule has 2 aromatic carbocycles. The molecule has 3 saturated heterocycles. The van der Waals surface area contributed by atoms with Crippen LogP contribution in [-0.4, -0.2) is 176 Å². The monoisotopic (exact) mass is 784 g/mol. The highest BCUT2D eigenvalue weighted by Crippen LogP contribution is 2.43. The van der Waals surface area contributed by atoms with Gasteiger partial charge in [-0.25, -0.2) is 9.59 Å². The summed E-state index contributed by atoms with van der Waals surface area (Å²) in [6.45, 7) is -0.690. The van der Waals surface area contributed by atoms with Crippen LogP contribution >= 0.6 is 0 Å². The van der Waals surface area contributed by atoms with Crippen molar-refractivity contribution in [3.63, 3.8) is 0 Å². The fourth-order valence-corrected chi connectivity index (χ4v) is 6.56. The smallest absolute Gasteiger partial charge is 0.335 e. The molecule has 22 heteroatoms. The summed E-state index contributed by atoms with van der Waals surface area (Å²) in [4.78, 5) is 37.2. The molecule has 3 fully saturated rings.